The molecular formula is C10H8N2O2. The first-order valence-electron chi connectivity index (χ1n) is 4.20. The van der Waals surface area contributed by atoms with Crippen molar-refractivity contribution in [3.8, 4) is 6.07 Å². The van der Waals surface area contributed by atoms with Crippen LogP contribution in [0.3, 0.4) is 0 Å². The molecule has 14 heavy (non-hydrogen) atoms. The quantitative estimate of drug-likeness (QED) is 0.671. The highest BCUT2D eigenvalue weighted by Gasteiger charge is 2.22. The second-order valence-corrected chi connectivity index (χ2v) is 3.23. The lowest BCUT2D eigenvalue weighted by Gasteiger charge is -2.08. The Morgan fingerprint density at radius 3 is 2.79 bits per heavy atom. The molecule has 0 atom stereocenters. The summed E-state index contributed by atoms with van der Waals surface area (Å²) in [5.41, 5.74) is 2.51. The second-order valence-electron chi connectivity index (χ2n) is 3.23. The van der Waals surface area contributed by atoms with Gasteiger partial charge in [0, 0.05) is 13.1 Å². The van der Waals surface area contributed by atoms with Crippen molar-refractivity contribution in [1.82, 2.24) is 4.90 Å². The molecular weight excluding hydrogens is 180 g/mol. The Balaban J connectivity index is 2.32. The molecule has 0 saturated carbocycles. The molecule has 70 valence electrons. The first-order valence-corrected chi connectivity index (χ1v) is 4.20. The zero-order valence-corrected chi connectivity index (χ0v) is 7.40. The van der Waals surface area contributed by atoms with E-state index in [-0.39, 0.29) is 0 Å². The smallest absolute Gasteiger partial charge is 0.407 e. The average molecular weight is 188 g/mol. The molecule has 0 spiro atoms. The van der Waals surface area contributed by atoms with Crippen molar-refractivity contribution < 1.29 is 9.90 Å². The Bertz CT molecular complexity index is 434. The highest BCUT2D eigenvalue weighted by Crippen LogP contribution is 2.23. The van der Waals surface area contributed by atoms with E-state index in [2.05, 4.69) is 0 Å². The molecule has 1 amide bonds. The molecule has 4 nitrogen and oxygen atoms in total. The highest BCUT2D eigenvalue weighted by atomic mass is 16.4. The van der Waals surface area contributed by atoms with Crippen molar-refractivity contribution in [3.63, 3.8) is 0 Å². The monoisotopic (exact) mass is 188 g/mol. The van der Waals surface area contributed by atoms with Crippen molar-refractivity contribution in [3.05, 3.63) is 34.9 Å². The molecule has 0 unspecified atom stereocenters. The van der Waals surface area contributed by atoms with Crippen LogP contribution in [-0.2, 0) is 13.1 Å². The standard InChI is InChI=1S/C10H8N2O2/c11-4-7-1-2-8-5-12(10(13)14)6-9(8)3-7/h1-3H,5-6H2,(H,13,14). The minimum Gasteiger partial charge on any atom is -0.465 e. The van der Waals surface area contributed by atoms with E-state index in [1.807, 2.05) is 12.1 Å². The Morgan fingerprint density at radius 1 is 1.43 bits per heavy atom. The predicted molar refractivity (Wildman–Crippen MR) is 48.4 cm³/mol. The lowest BCUT2D eigenvalue weighted by Crippen LogP contribution is -2.22. The zero-order valence-electron chi connectivity index (χ0n) is 7.40. The molecule has 1 heterocycles. The number of amides is 1. The summed E-state index contributed by atoms with van der Waals surface area (Å²) < 4.78 is 0. The minimum absolute atomic E-state index is 0.389. The normalized spacial score (nSPS) is 13.5. The van der Waals surface area contributed by atoms with Crippen molar-refractivity contribution in [2.24, 2.45) is 0 Å². The van der Waals surface area contributed by atoms with Crippen molar-refractivity contribution in [2.75, 3.05) is 0 Å². The third-order valence-corrected chi connectivity index (χ3v) is 2.33. The lowest BCUT2D eigenvalue weighted by molar-refractivity contribution is 0.145. The van der Waals surface area contributed by atoms with Crippen molar-refractivity contribution in [2.45, 2.75) is 13.1 Å². The molecule has 0 fully saturated rings. The first-order chi connectivity index (χ1) is 6.70. The Morgan fingerprint density at radius 2 is 2.14 bits per heavy atom. The molecule has 0 saturated heterocycles. The number of carbonyl (C=O) groups is 1. The number of rotatable bonds is 0. The molecule has 0 bridgehead atoms. The maximum Gasteiger partial charge on any atom is 0.407 e. The summed E-state index contributed by atoms with van der Waals surface area (Å²) in [7, 11) is 0. The third kappa shape index (κ3) is 1.29. The van der Waals surface area contributed by atoms with Crippen LogP contribution in [0.1, 0.15) is 16.7 Å². The van der Waals surface area contributed by atoms with Crippen LogP contribution >= 0.6 is 0 Å². The van der Waals surface area contributed by atoms with Crippen LogP contribution in [0, 0.1) is 11.3 Å². The summed E-state index contributed by atoms with van der Waals surface area (Å²) >= 11 is 0. The van der Waals surface area contributed by atoms with Crippen LogP contribution in [0.5, 0.6) is 0 Å². The maximum atomic E-state index is 10.7. The second kappa shape index (κ2) is 3.04. The predicted octanol–water partition coefficient (Wildman–Crippen LogP) is 1.55. The Hall–Kier alpha value is -2.02. The van der Waals surface area contributed by atoms with Gasteiger partial charge < -0.3 is 5.11 Å². The molecule has 1 aliphatic heterocycles. The van der Waals surface area contributed by atoms with E-state index < -0.39 is 6.09 Å². The van der Waals surface area contributed by atoms with Crippen LogP contribution in [0.15, 0.2) is 18.2 Å². The topological polar surface area (TPSA) is 64.3 Å². The van der Waals surface area contributed by atoms with Crippen LogP contribution in [0.4, 0.5) is 4.79 Å². The fourth-order valence-electron chi connectivity index (χ4n) is 1.60. The van der Waals surface area contributed by atoms with Crippen LogP contribution < -0.4 is 0 Å². The third-order valence-electron chi connectivity index (χ3n) is 2.33. The van der Waals surface area contributed by atoms with Gasteiger partial charge in [0.05, 0.1) is 11.6 Å². The summed E-state index contributed by atoms with van der Waals surface area (Å²) in [6.45, 7) is 0.816. The number of hydrogen-bond donors (Lipinski definition) is 1. The molecule has 0 aliphatic carbocycles. The van der Waals surface area contributed by atoms with Crippen LogP contribution in [0.25, 0.3) is 0 Å². The van der Waals surface area contributed by atoms with Gasteiger partial charge in [-0.15, -0.1) is 0 Å². The molecule has 2 rings (SSSR count). The fraction of sp³-hybridized carbons (Fsp3) is 0.200. The largest absolute Gasteiger partial charge is 0.465 e. The molecule has 1 aromatic carbocycles. The van der Waals surface area contributed by atoms with Gasteiger partial charge in [0.1, 0.15) is 0 Å². The number of nitrogens with zero attached hydrogens (tertiary/aromatic N) is 2. The molecule has 1 aromatic rings. The van der Waals surface area contributed by atoms with Crippen LogP contribution in [-0.4, -0.2) is 16.1 Å². The zero-order chi connectivity index (χ0) is 10.1. The van der Waals surface area contributed by atoms with Gasteiger partial charge in [0.25, 0.3) is 0 Å². The van der Waals surface area contributed by atoms with Crippen LogP contribution in [0.2, 0.25) is 0 Å². The number of carboxylic acid groups (broad SMARTS) is 1. The lowest BCUT2D eigenvalue weighted by atomic mass is 10.1. The summed E-state index contributed by atoms with van der Waals surface area (Å²) in [6.07, 6.45) is -0.917. The summed E-state index contributed by atoms with van der Waals surface area (Å²) in [4.78, 5) is 12.0. The van der Waals surface area contributed by atoms with E-state index in [4.69, 9.17) is 10.4 Å². The van der Waals surface area contributed by atoms with Gasteiger partial charge in [-0.3, -0.25) is 4.90 Å². The van der Waals surface area contributed by atoms with Gasteiger partial charge in [-0.05, 0) is 23.3 Å². The molecule has 1 aliphatic rings. The summed E-state index contributed by atoms with van der Waals surface area (Å²) in [5.74, 6) is 0. The molecule has 0 radical (unpaired) electrons. The van der Waals surface area contributed by atoms with Gasteiger partial charge >= 0.3 is 6.09 Å². The first kappa shape index (κ1) is 8.57. The Labute approximate surface area is 81.0 Å². The maximum absolute atomic E-state index is 10.7. The van der Waals surface area contributed by atoms with Gasteiger partial charge in [-0.25, -0.2) is 4.79 Å². The number of nitriles is 1. The molecule has 1 N–H and O–H groups in total. The van der Waals surface area contributed by atoms with E-state index in [1.54, 1.807) is 12.1 Å². The van der Waals surface area contributed by atoms with Gasteiger partial charge in [-0.1, -0.05) is 6.07 Å². The van der Waals surface area contributed by atoms with Crippen molar-refractivity contribution >= 4 is 6.09 Å². The van der Waals surface area contributed by atoms with E-state index in [1.165, 1.54) is 4.90 Å². The molecule has 0 aromatic heterocycles. The van der Waals surface area contributed by atoms with E-state index in [0.29, 0.717) is 18.7 Å². The van der Waals surface area contributed by atoms with Crippen molar-refractivity contribution in [1.29, 1.82) is 5.26 Å². The van der Waals surface area contributed by atoms with E-state index >= 15 is 0 Å². The number of benzene rings is 1. The van der Waals surface area contributed by atoms with Gasteiger partial charge in [0.15, 0.2) is 0 Å². The minimum atomic E-state index is -0.917. The van der Waals surface area contributed by atoms with E-state index in [0.717, 1.165) is 11.1 Å². The number of fused-ring (bicyclic) bond motifs is 1. The van der Waals surface area contributed by atoms with Gasteiger partial charge in [0.2, 0.25) is 0 Å². The summed E-state index contributed by atoms with van der Waals surface area (Å²) in [5, 5.41) is 17.4. The molecule has 4 heteroatoms. The fourth-order valence-corrected chi connectivity index (χ4v) is 1.60. The SMILES string of the molecule is N#Cc1ccc2c(c1)CN(C(=O)O)C2. The number of hydrogen-bond acceptors (Lipinski definition) is 2. The summed E-state index contributed by atoms with van der Waals surface area (Å²) in [6, 6.07) is 7.31. The van der Waals surface area contributed by atoms with Gasteiger partial charge in [-0.2, -0.15) is 5.26 Å². The Kier molecular flexibility index (Phi) is 1.86. The highest BCUT2D eigenvalue weighted by molar-refractivity contribution is 5.66. The average Bonchev–Trinajstić information content (AvgIpc) is 2.59. The van der Waals surface area contributed by atoms with E-state index in [9.17, 15) is 4.79 Å².